The van der Waals surface area contributed by atoms with Gasteiger partial charge >= 0.3 is 0 Å². The van der Waals surface area contributed by atoms with Crippen LogP contribution in [0.4, 0.5) is 5.69 Å². The number of halogens is 2. The van der Waals surface area contributed by atoms with Crippen LogP contribution >= 0.6 is 35.0 Å². The fourth-order valence-corrected chi connectivity index (χ4v) is 4.19. The number of methoxy groups -OCH3 is 1. The molecule has 2 aromatic rings. The molecule has 6 nitrogen and oxygen atoms in total. The largest absolute Gasteiger partial charge is 0.497 e. The molecule has 3 rings (SSSR count). The summed E-state index contributed by atoms with van der Waals surface area (Å²) in [5.41, 5.74) is 1.14. The van der Waals surface area contributed by atoms with E-state index >= 15 is 0 Å². The molecule has 28 heavy (non-hydrogen) atoms. The standard InChI is InChI=1S/C19H19Cl2N3O3S/c1-27-15-4-2-11(3-5-15)16-9-17(25)24-19(23-16)28-10-18(26)22-14-7-12(20)6-13(21)8-14/h2-8,16,19,23H,9-10H2,1H3,(H,22,26)(H,24,25). The predicted octanol–water partition coefficient (Wildman–Crippen LogP) is 3.81. The minimum Gasteiger partial charge on any atom is -0.497 e. The maximum Gasteiger partial charge on any atom is 0.234 e. The van der Waals surface area contributed by atoms with Gasteiger partial charge in [0.25, 0.3) is 0 Å². The molecule has 0 aromatic heterocycles. The molecule has 1 saturated heterocycles. The highest BCUT2D eigenvalue weighted by molar-refractivity contribution is 8.00. The molecule has 1 heterocycles. The molecular weight excluding hydrogens is 421 g/mol. The van der Waals surface area contributed by atoms with E-state index in [4.69, 9.17) is 27.9 Å². The Balaban J connectivity index is 1.55. The van der Waals surface area contributed by atoms with E-state index in [9.17, 15) is 9.59 Å². The van der Waals surface area contributed by atoms with E-state index in [0.717, 1.165) is 11.3 Å². The maximum atomic E-state index is 12.2. The van der Waals surface area contributed by atoms with Crippen molar-refractivity contribution in [1.82, 2.24) is 10.6 Å². The third kappa shape index (κ3) is 5.78. The van der Waals surface area contributed by atoms with Crippen LogP contribution in [0.25, 0.3) is 0 Å². The molecule has 2 aromatic carbocycles. The first-order chi connectivity index (χ1) is 13.4. The molecule has 1 fully saturated rings. The Hall–Kier alpha value is -1.93. The Kier molecular flexibility index (Phi) is 7.07. The van der Waals surface area contributed by atoms with Crippen LogP contribution < -0.4 is 20.7 Å². The first-order valence-corrected chi connectivity index (χ1v) is 10.3. The predicted molar refractivity (Wildman–Crippen MR) is 113 cm³/mol. The van der Waals surface area contributed by atoms with Gasteiger partial charge in [0, 0.05) is 28.2 Å². The number of benzene rings is 2. The normalized spacial score (nSPS) is 19.0. The lowest BCUT2D eigenvalue weighted by molar-refractivity contribution is -0.123. The number of hydrogen-bond acceptors (Lipinski definition) is 5. The fourth-order valence-electron chi connectivity index (χ4n) is 2.80. The molecule has 0 bridgehead atoms. The monoisotopic (exact) mass is 439 g/mol. The van der Waals surface area contributed by atoms with E-state index in [0.29, 0.717) is 22.2 Å². The lowest BCUT2D eigenvalue weighted by atomic mass is 10.0. The van der Waals surface area contributed by atoms with Gasteiger partial charge in [-0.1, -0.05) is 35.3 Å². The summed E-state index contributed by atoms with van der Waals surface area (Å²) < 4.78 is 5.16. The van der Waals surface area contributed by atoms with Gasteiger partial charge < -0.3 is 15.4 Å². The van der Waals surface area contributed by atoms with Crippen molar-refractivity contribution in [3.63, 3.8) is 0 Å². The van der Waals surface area contributed by atoms with E-state index in [1.807, 2.05) is 24.3 Å². The number of anilines is 1. The highest BCUT2D eigenvalue weighted by atomic mass is 35.5. The Morgan fingerprint density at radius 1 is 1.21 bits per heavy atom. The van der Waals surface area contributed by atoms with Gasteiger partial charge in [0.05, 0.1) is 12.9 Å². The average molecular weight is 440 g/mol. The van der Waals surface area contributed by atoms with Crippen molar-refractivity contribution >= 4 is 52.5 Å². The summed E-state index contributed by atoms with van der Waals surface area (Å²) >= 11 is 13.2. The topological polar surface area (TPSA) is 79.5 Å². The molecule has 0 aliphatic carbocycles. The van der Waals surface area contributed by atoms with Crippen molar-refractivity contribution in [1.29, 1.82) is 0 Å². The van der Waals surface area contributed by atoms with Gasteiger partial charge in [0.15, 0.2) is 0 Å². The minimum absolute atomic E-state index is 0.0703. The summed E-state index contributed by atoms with van der Waals surface area (Å²) in [6.07, 6.45) is 0.330. The molecule has 148 valence electrons. The molecule has 0 radical (unpaired) electrons. The number of carbonyl (C=O) groups is 2. The van der Waals surface area contributed by atoms with Gasteiger partial charge in [0.2, 0.25) is 11.8 Å². The first kappa shape index (κ1) is 20.8. The zero-order valence-electron chi connectivity index (χ0n) is 15.0. The van der Waals surface area contributed by atoms with E-state index in [1.165, 1.54) is 11.8 Å². The third-order valence-electron chi connectivity index (χ3n) is 4.08. The van der Waals surface area contributed by atoms with Crippen LogP contribution in [0.15, 0.2) is 42.5 Å². The SMILES string of the molecule is COc1ccc(C2CC(=O)NC(SCC(=O)Nc3cc(Cl)cc(Cl)c3)N2)cc1. The first-order valence-electron chi connectivity index (χ1n) is 8.50. The van der Waals surface area contributed by atoms with Crippen LogP contribution in [0.2, 0.25) is 10.0 Å². The lowest BCUT2D eigenvalue weighted by Gasteiger charge is -2.31. The quantitative estimate of drug-likeness (QED) is 0.637. The zero-order chi connectivity index (χ0) is 20.1. The molecule has 0 saturated carbocycles. The fraction of sp³-hybridized carbons (Fsp3) is 0.263. The summed E-state index contributed by atoms with van der Waals surface area (Å²) in [4.78, 5) is 24.3. The second-order valence-electron chi connectivity index (χ2n) is 6.16. The minimum atomic E-state index is -0.373. The lowest BCUT2D eigenvalue weighted by Crippen LogP contribution is -2.51. The number of thioether (sulfide) groups is 1. The number of amides is 2. The molecule has 0 spiro atoms. The number of nitrogens with one attached hydrogen (secondary N) is 3. The second kappa shape index (κ2) is 9.52. The summed E-state index contributed by atoms with van der Waals surface area (Å²) in [5, 5.41) is 9.82. The molecule has 2 unspecified atom stereocenters. The van der Waals surface area contributed by atoms with Crippen molar-refractivity contribution in [3.05, 3.63) is 58.1 Å². The molecule has 3 N–H and O–H groups in total. The van der Waals surface area contributed by atoms with Gasteiger partial charge in [0.1, 0.15) is 11.2 Å². The van der Waals surface area contributed by atoms with E-state index in [1.54, 1.807) is 25.3 Å². The molecule has 1 aliphatic heterocycles. The summed E-state index contributed by atoms with van der Waals surface area (Å²) in [6, 6.07) is 12.3. The van der Waals surface area contributed by atoms with Gasteiger partial charge in [-0.15, -0.1) is 11.8 Å². The molecule has 9 heteroatoms. The van der Waals surface area contributed by atoms with Crippen LogP contribution in [-0.2, 0) is 9.59 Å². The van der Waals surface area contributed by atoms with Gasteiger partial charge in [-0.05, 0) is 35.9 Å². The van der Waals surface area contributed by atoms with Crippen molar-refractivity contribution in [2.75, 3.05) is 18.2 Å². The van der Waals surface area contributed by atoms with Crippen LogP contribution in [0.3, 0.4) is 0 Å². The van der Waals surface area contributed by atoms with E-state index < -0.39 is 0 Å². The van der Waals surface area contributed by atoms with Crippen LogP contribution in [0.5, 0.6) is 5.75 Å². The van der Waals surface area contributed by atoms with Crippen molar-refractivity contribution in [3.8, 4) is 5.75 Å². The van der Waals surface area contributed by atoms with Gasteiger partial charge in [-0.3, -0.25) is 14.9 Å². The Morgan fingerprint density at radius 2 is 1.89 bits per heavy atom. The molecule has 1 aliphatic rings. The second-order valence-corrected chi connectivity index (χ2v) is 8.13. The van der Waals surface area contributed by atoms with Gasteiger partial charge in [-0.2, -0.15) is 0 Å². The Morgan fingerprint density at radius 3 is 2.54 bits per heavy atom. The highest BCUT2D eigenvalue weighted by Crippen LogP contribution is 2.26. The summed E-state index contributed by atoms with van der Waals surface area (Å²) in [7, 11) is 1.61. The van der Waals surface area contributed by atoms with Gasteiger partial charge in [-0.25, -0.2) is 0 Å². The number of ether oxygens (including phenoxy) is 1. The zero-order valence-corrected chi connectivity index (χ0v) is 17.3. The smallest absolute Gasteiger partial charge is 0.234 e. The van der Waals surface area contributed by atoms with E-state index in [2.05, 4.69) is 16.0 Å². The van der Waals surface area contributed by atoms with Crippen molar-refractivity contribution in [2.24, 2.45) is 0 Å². The molecule has 2 amide bonds. The molecule has 2 atom stereocenters. The van der Waals surface area contributed by atoms with Crippen LogP contribution in [-0.4, -0.2) is 30.2 Å². The highest BCUT2D eigenvalue weighted by Gasteiger charge is 2.27. The maximum absolute atomic E-state index is 12.2. The van der Waals surface area contributed by atoms with E-state index in [-0.39, 0.29) is 29.1 Å². The number of hydrogen-bond donors (Lipinski definition) is 3. The Labute approximate surface area is 177 Å². The third-order valence-corrected chi connectivity index (χ3v) is 5.53. The van der Waals surface area contributed by atoms with Crippen LogP contribution in [0.1, 0.15) is 18.0 Å². The summed E-state index contributed by atoms with van der Waals surface area (Å²) in [6.45, 7) is 0. The average Bonchev–Trinajstić information content (AvgIpc) is 2.65. The molecular formula is C19H19Cl2N3O3S. The number of carbonyl (C=O) groups excluding carboxylic acids is 2. The Bertz CT molecular complexity index is 844. The number of rotatable bonds is 6. The van der Waals surface area contributed by atoms with Crippen molar-refractivity contribution in [2.45, 2.75) is 18.0 Å². The van der Waals surface area contributed by atoms with Crippen molar-refractivity contribution < 1.29 is 14.3 Å². The van der Waals surface area contributed by atoms with Crippen LogP contribution in [0, 0.1) is 0 Å². The summed E-state index contributed by atoms with van der Waals surface area (Å²) in [5.74, 6) is 0.620.